The molecule has 1 fully saturated rings. The van der Waals surface area contributed by atoms with Crippen LogP contribution in [0.15, 0.2) is 146 Å². The molecule has 0 spiro atoms. The molecule has 1 N–H and O–H groups in total. The minimum absolute atomic E-state index is 0.106. The molecule has 0 saturated carbocycles. The largest absolute Gasteiger partial charge is 0.478 e. The Bertz CT molecular complexity index is 3180. The number of benzene rings is 6. The third kappa shape index (κ3) is 11.4. The number of amides is 1. The average molecular weight is 1000 g/mol. The molecule has 4 heterocycles. The van der Waals surface area contributed by atoms with Crippen LogP contribution < -0.4 is 0 Å². The maximum absolute atomic E-state index is 12.5. The molecule has 1 aliphatic rings. The van der Waals surface area contributed by atoms with Crippen LogP contribution in [0.3, 0.4) is 0 Å². The normalized spacial score (nSPS) is 11.9. The van der Waals surface area contributed by atoms with Crippen molar-refractivity contribution < 1.29 is 29.1 Å². The standard InChI is InChI=1S/C18H14ClN3O2.C14H8Cl2N2O.C14H9ClN2O2.CCl2O/c19-13-2-1-3-14(9-13)22-11-20-16-8-12(4-5-17(16)22)18(24)21-7-6-15(23)10-21;15-10-2-1-3-11(7-10)18-8-17-12-6-9(14(16)19)4-5-13(12)18;15-10-2-1-3-11(7-10)17-8-16-12-6-9(14(18)19)4-5-13(12)17;2-1(3)4/h1-5,8-9,11H,6-7,10H2;1-8H;1-8H,(H,18,19);. The molecule has 66 heavy (non-hydrogen) atoms. The van der Waals surface area contributed by atoms with E-state index in [4.69, 9.17) is 56.3 Å². The zero-order valence-electron chi connectivity index (χ0n) is 33.9. The highest BCUT2D eigenvalue weighted by atomic mass is 35.5. The zero-order valence-corrected chi connectivity index (χ0v) is 38.4. The number of carboxylic acids is 1. The van der Waals surface area contributed by atoms with Crippen LogP contribution in [-0.4, -0.2) is 79.4 Å². The number of Topliss-reactive ketones (excluding diaryl/α,β-unsaturated/α-hetero) is 1. The molecule has 1 aliphatic heterocycles. The maximum atomic E-state index is 12.5. The van der Waals surface area contributed by atoms with Gasteiger partial charge in [0.1, 0.15) is 19.0 Å². The van der Waals surface area contributed by atoms with E-state index < -0.39 is 15.9 Å². The van der Waals surface area contributed by atoms with Gasteiger partial charge in [0.05, 0.1) is 45.2 Å². The van der Waals surface area contributed by atoms with Crippen molar-refractivity contribution in [2.45, 2.75) is 6.42 Å². The lowest BCUT2D eigenvalue weighted by atomic mass is 10.1. The molecule has 1 saturated heterocycles. The van der Waals surface area contributed by atoms with Crippen LogP contribution in [-0.2, 0) is 4.79 Å². The maximum Gasteiger partial charge on any atom is 0.335 e. The van der Waals surface area contributed by atoms with Gasteiger partial charge in [0, 0.05) is 56.2 Å². The molecule has 3 aromatic heterocycles. The molecule has 0 atom stereocenters. The number of hydrogen-bond donors (Lipinski definition) is 1. The van der Waals surface area contributed by atoms with E-state index in [0.717, 1.165) is 39.1 Å². The second kappa shape index (κ2) is 21.2. The first-order chi connectivity index (χ1) is 31.6. The summed E-state index contributed by atoms with van der Waals surface area (Å²) >= 11 is 32.3. The van der Waals surface area contributed by atoms with E-state index in [1.54, 1.807) is 72.4 Å². The lowest BCUT2D eigenvalue weighted by Crippen LogP contribution is -2.28. The summed E-state index contributed by atoms with van der Waals surface area (Å²) in [6, 6.07) is 37.8. The molecule has 332 valence electrons. The molecule has 0 aliphatic carbocycles. The smallest absolute Gasteiger partial charge is 0.335 e. The van der Waals surface area contributed by atoms with Crippen molar-refractivity contribution in [3.05, 3.63) is 178 Å². The highest BCUT2D eigenvalue weighted by molar-refractivity contribution is 6.93. The fourth-order valence-corrected chi connectivity index (χ4v) is 7.58. The molecule has 10 rings (SSSR count). The number of carboxylic acid groups (broad SMARTS) is 1. The van der Waals surface area contributed by atoms with Gasteiger partial charge in [0.25, 0.3) is 11.1 Å². The van der Waals surface area contributed by atoms with Crippen molar-refractivity contribution in [2.24, 2.45) is 0 Å². The van der Waals surface area contributed by atoms with Crippen molar-refractivity contribution in [3.63, 3.8) is 0 Å². The van der Waals surface area contributed by atoms with Crippen molar-refractivity contribution in [1.29, 1.82) is 0 Å². The number of aromatic carboxylic acids is 1. The number of imidazole rings is 3. The summed E-state index contributed by atoms with van der Waals surface area (Å²) in [6.45, 7) is 0.695. The average Bonchev–Trinajstić information content (AvgIpc) is 4.11. The summed E-state index contributed by atoms with van der Waals surface area (Å²) in [5, 5.41) is 10.4. The number of ketones is 1. The number of halogens is 6. The lowest BCUT2D eigenvalue weighted by Gasteiger charge is -2.14. The van der Waals surface area contributed by atoms with E-state index in [2.05, 4.69) is 38.2 Å². The first-order valence-electron chi connectivity index (χ1n) is 19.4. The minimum atomic E-state index is -0.959. The number of carbonyl (C=O) groups is 5. The van der Waals surface area contributed by atoms with Gasteiger partial charge in [-0.05, 0) is 144 Å². The Balaban J connectivity index is 0.000000143. The van der Waals surface area contributed by atoms with Gasteiger partial charge in [-0.2, -0.15) is 0 Å². The Morgan fingerprint density at radius 1 is 0.515 bits per heavy atom. The van der Waals surface area contributed by atoms with Gasteiger partial charge < -0.3 is 10.0 Å². The molecule has 13 nitrogen and oxygen atoms in total. The van der Waals surface area contributed by atoms with Gasteiger partial charge in [-0.25, -0.2) is 19.7 Å². The molecule has 6 aromatic carbocycles. The van der Waals surface area contributed by atoms with Crippen LogP contribution in [0.1, 0.15) is 37.5 Å². The Labute approximate surface area is 405 Å². The second-order valence-electron chi connectivity index (χ2n) is 14.2. The van der Waals surface area contributed by atoms with Crippen molar-refractivity contribution in [1.82, 2.24) is 33.6 Å². The number of carbonyl (C=O) groups excluding carboxylic acids is 4. The summed E-state index contributed by atoms with van der Waals surface area (Å²) in [5.41, 5.74) is 8.63. The highest BCUT2D eigenvalue weighted by Crippen LogP contribution is 2.25. The number of aromatic nitrogens is 6. The summed E-state index contributed by atoms with van der Waals surface area (Å²) in [5.74, 6) is -0.978. The van der Waals surface area contributed by atoms with Crippen LogP contribution in [0.25, 0.3) is 50.2 Å². The Morgan fingerprint density at radius 3 is 1.26 bits per heavy atom. The van der Waals surface area contributed by atoms with Crippen LogP contribution in [0, 0.1) is 0 Å². The van der Waals surface area contributed by atoms with Crippen LogP contribution in [0.5, 0.6) is 0 Å². The Hall–Kier alpha value is -6.58. The predicted octanol–water partition coefficient (Wildman–Crippen LogP) is 12.1. The van der Waals surface area contributed by atoms with Gasteiger partial charge in [-0.1, -0.05) is 53.0 Å². The van der Waals surface area contributed by atoms with Gasteiger partial charge in [0.2, 0.25) is 0 Å². The number of rotatable bonds is 6. The summed E-state index contributed by atoms with van der Waals surface area (Å²) < 4.78 is 4.81. The molecule has 0 bridgehead atoms. The quantitative estimate of drug-likeness (QED) is 0.160. The molecular weight excluding hydrogens is 971 g/mol. The number of nitrogens with zero attached hydrogens (tertiary/aromatic N) is 7. The van der Waals surface area contributed by atoms with Crippen molar-refractivity contribution in [3.8, 4) is 17.1 Å². The summed E-state index contributed by atoms with van der Waals surface area (Å²) in [6.07, 6.45) is 5.50. The van der Waals surface area contributed by atoms with Crippen LogP contribution in [0.2, 0.25) is 15.1 Å². The van der Waals surface area contributed by atoms with E-state index >= 15 is 0 Å². The predicted molar refractivity (Wildman–Crippen MR) is 258 cm³/mol. The first kappa shape index (κ1) is 47.4. The molecule has 1 amide bonds. The highest BCUT2D eigenvalue weighted by Gasteiger charge is 2.25. The van der Waals surface area contributed by atoms with E-state index in [0.29, 0.717) is 50.2 Å². The topological polar surface area (TPSA) is 162 Å². The zero-order chi connectivity index (χ0) is 47.1. The van der Waals surface area contributed by atoms with E-state index in [1.165, 1.54) is 0 Å². The summed E-state index contributed by atoms with van der Waals surface area (Å²) in [7, 11) is 0. The number of hydrogen-bond acceptors (Lipinski definition) is 8. The third-order valence-corrected chi connectivity index (χ3v) is 10.9. The van der Waals surface area contributed by atoms with E-state index in [9.17, 15) is 19.2 Å². The molecule has 19 heteroatoms. The molecule has 0 unspecified atom stereocenters. The SMILES string of the molecule is O=C(Cl)Cl.O=C(Cl)c1ccc2c(c1)ncn2-c1cccc(Cl)c1.O=C(O)c1ccc2c(c1)ncn2-c1cccc(Cl)c1.O=C1CCN(C(=O)c2ccc3c(c2)ncn3-c2cccc(Cl)c2)C1. The Kier molecular flexibility index (Phi) is 15.2. The monoisotopic (exact) mass is 999 g/mol. The Morgan fingerprint density at radius 2 is 0.894 bits per heavy atom. The van der Waals surface area contributed by atoms with E-state index in [1.807, 2.05) is 92.6 Å². The van der Waals surface area contributed by atoms with Crippen molar-refractivity contribution >= 4 is 130 Å². The number of fused-ring (bicyclic) bond motifs is 3. The molecular formula is C47H31Cl6N7O6. The lowest BCUT2D eigenvalue weighted by molar-refractivity contribution is -0.116. The fraction of sp³-hybridized carbons (Fsp3) is 0.0638. The second-order valence-corrected chi connectivity index (χ2v) is 16.7. The fourth-order valence-electron chi connectivity index (χ4n) is 6.91. The molecule has 0 radical (unpaired) electrons. The van der Waals surface area contributed by atoms with Gasteiger partial charge in [-0.3, -0.25) is 32.9 Å². The number of likely N-dealkylation sites (tertiary alicyclic amines) is 1. The van der Waals surface area contributed by atoms with Crippen molar-refractivity contribution in [2.75, 3.05) is 13.1 Å². The first-order valence-corrected chi connectivity index (χ1v) is 21.7. The van der Waals surface area contributed by atoms with Crippen LogP contribution in [0.4, 0.5) is 4.79 Å². The van der Waals surface area contributed by atoms with E-state index in [-0.39, 0.29) is 23.8 Å². The van der Waals surface area contributed by atoms with Gasteiger partial charge >= 0.3 is 10.7 Å². The van der Waals surface area contributed by atoms with Gasteiger partial charge in [-0.15, -0.1) is 0 Å². The van der Waals surface area contributed by atoms with Gasteiger partial charge in [0.15, 0.2) is 5.78 Å². The molecule has 9 aromatic rings. The minimum Gasteiger partial charge on any atom is -0.478 e. The summed E-state index contributed by atoms with van der Waals surface area (Å²) in [4.78, 5) is 69.3. The third-order valence-electron chi connectivity index (χ3n) is 9.94. The van der Waals surface area contributed by atoms with Crippen LogP contribution >= 0.6 is 69.6 Å².